The van der Waals surface area contributed by atoms with Crippen LogP contribution in [0.4, 0.5) is 0 Å². The predicted octanol–water partition coefficient (Wildman–Crippen LogP) is 0.776. The summed E-state index contributed by atoms with van der Waals surface area (Å²) in [6, 6.07) is 0. The van der Waals surface area contributed by atoms with Gasteiger partial charge in [-0.3, -0.25) is 19.2 Å². The van der Waals surface area contributed by atoms with Gasteiger partial charge < -0.3 is 38.6 Å². The van der Waals surface area contributed by atoms with E-state index in [1.54, 1.807) is 0 Å². The van der Waals surface area contributed by atoms with Gasteiger partial charge in [0.2, 0.25) is 34.7 Å². The van der Waals surface area contributed by atoms with E-state index in [9.17, 15) is 29.4 Å². The van der Waals surface area contributed by atoms with Crippen molar-refractivity contribution in [3.05, 3.63) is 0 Å². The molecule has 0 aromatic rings. The van der Waals surface area contributed by atoms with Crippen LogP contribution in [-0.4, -0.2) is 79.3 Å². The second-order valence-electron chi connectivity index (χ2n) is 11.2. The summed E-state index contributed by atoms with van der Waals surface area (Å²) >= 11 is 0. The van der Waals surface area contributed by atoms with E-state index in [1.807, 2.05) is 0 Å². The number of Topliss-reactive ketones (excluding diaryl/α,β-unsaturated/α-hetero) is 4. The van der Waals surface area contributed by atoms with Gasteiger partial charge in [0.25, 0.3) is 0 Å². The van der Waals surface area contributed by atoms with Crippen LogP contribution in [0.25, 0.3) is 0 Å². The van der Waals surface area contributed by atoms with E-state index in [0.717, 1.165) is 0 Å². The van der Waals surface area contributed by atoms with Crippen molar-refractivity contribution >= 4 is 23.1 Å². The van der Waals surface area contributed by atoms with Gasteiger partial charge in [-0.2, -0.15) is 0 Å². The van der Waals surface area contributed by atoms with E-state index in [-0.39, 0.29) is 31.5 Å². The molecule has 0 saturated carbocycles. The zero-order valence-corrected chi connectivity index (χ0v) is 21.8. The van der Waals surface area contributed by atoms with Crippen molar-refractivity contribution in [2.45, 2.75) is 127 Å². The second-order valence-corrected chi connectivity index (χ2v) is 11.2. The van der Waals surface area contributed by atoms with Crippen LogP contribution in [0.5, 0.6) is 0 Å². The van der Waals surface area contributed by atoms with Gasteiger partial charge >= 0.3 is 0 Å². The van der Waals surface area contributed by atoms with Gasteiger partial charge in [-0.05, 0) is 48.5 Å². The van der Waals surface area contributed by atoms with E-state index in [4.69, 9.17) is 28.4 Å². The first-order chi connectivity index (χ1) is 16.1. The monoisotopic (exact) mass is 514 g/mol. The first kappa shape index (κ1) is 27.4. The van der Waals surface area contributed by atoms with Gasteiger partial charge in [0.15, 0.2) is 23.1 Å². The van der Waals surface area contributed by atoms with Crippen molar-refractivity contribution in [2.24, 2.45) is 0 Å². The highest BCUT2D eigenvalue weighted by Crippen LogP contribution is 2.57. The van der Waals surface area contributed by atoms with E-state index in [1.165, 1.54) is 55.4 Å². The smallest absolute Gasteiger partial charge is 0.231 e. The zero-order valence-electron chi connectivity index (χ0n) is 21.8. The minimum absolute atomic E-state index is 0.240. The molecule has 12 heteroatoms. The van der Waals surface area contributed by atoms with Gasteiger partial charge in [0.1, 0.15) is 11.2 Å². The molecule has 4 aliphatic heterocycles. The lowest BCUT2D eigenvalue weighted by Crippen LogP contribution is -2.46. The summed E-state index contributed by atoms with van der Waals surface area (Å²) in [5, 5.41) is 22.1. The molecule has 4 aliphatic rings. The number of fused-ring (bicyclic) bond motifs is 2. The number of hydrogen-bond donors (Lipinski definition) is 2. The molecule has 12 nitrogen and oxygen atoms in total. The molecule has 202 valence electrons. The molecule has 0 radical (unpaired) electrons. The third kappa shape index (κ3) is 3.65. The molecule has 4 fully saturated rings. The quantitative estimate of drug-likeness (QED) is 0.491. The molecule has 4 saturated heterocycles. The lowest BCUT2D eigenvalue weighted by Gasteiger charge is -2.31. The van der Waals surface area contributed by atoms with Gasteiger partial charge in [-0.15, -0.1) is 0 Å². The van der Waals surface area contributed by atoms with Gasteiger partial charge in [0.05, 0.1) is 0 Å². The molecule has 0 spiro atoms. The standard InChI is InChI=1S/C24H34O12/c1-13(25)17(3)11-23(29)21(7,31-17)34-20(6,36-23)16(28)10-9-15(27)18(4)12-24(30)22(8,32-18)33-19(5,35-24)14(2)26/h29-30H,9-12H2,1-8H3/t17-,18+,19+,20-,21-,22?,23-,24?/m1/s1. The lowest BCUT2D eigenvalue weighted by atomic mass is 9.89. The lowest BCUT2D eigenvalue weighted by molar-refractivity contribution is -0.272. The highest BCUT2D eigenvalue weighted by atomic mass is 16.9. The summed E-state index contributed by atoms with van der Waals surface area (Å²) in [6.45, 7) is 10.9. The number of carbonyl (C=O) groups is 4. The van der Waals surface area contributed by atoms with Crippen molar-refractivity contribution in [1.29, 1.82) is 0 Å². The molecule has 0 aliphatic carbocycles. The summed E-state index contributed by atoms with van der Waals surface area (Å²) in [5.41, 5.74) is -2.93. The number of ether oxygens (including phenoxy) is 6. The average Bonchev–Trinajstić information content (AvgIpc) is 3.18. The highest BCUT2D eigenvalue weighted by molar-refractivity contribution is 5.94. The molecule has 2 unspecified atom stereocenters. The Hall–Kier alpha value is -1.64. The Morgan fingerprint density at radius 3 is 1.47 bits per heavy atom. The Bertz CT molecular complexity index is 930. The van der Waals surface area contributed by atoms with Crippen molar-refractivity contribution in [3.8, 4) is 0 Å². The van der Waals surface area contributed by atoms with Crippen LogP contribution in [0.15, 0.2) is 0 Å². The summed E-state index contributed by atoms with van der Waals surface area (Å²) in [4.78, 5) is 50.1. The van der Waals surface area contributed by atoms with Crippen molar-refractivity contribution < 1.29 is 57.8 Å². The maximum Gasteiger partial charge on any atom is 0.231 e. The Balaban J connectivity index is 1.42. The summed E-state index contributed by atoms with van der Waals surface area (Å²) in [7, 11) is 0. The number of carbonyl (C=O) groups excluding carboxylic acids is 4. The summed E-state index contributed by atoms with van der Waals surface area (Å²) in [6.07, 6.45) is -1.22. The fourth-order valence-electron chi connectivity index (χ4n) is 5.54. The van der Waals surface area contributed by atoms with Crippen LogP contribution < -0.4 is 0 Å². The first-order valence-electron chi connectivity index (χ1n) is 11.8. The van der Waals surface area contributed by atoms with Crippen molar-refractivity contribution in [3.63, 3.8) is 0 Å². The second kappa shape index (κ2) is 7.48. The van der Waals surface area contributed by atoms with Crippen LogP contribution >= 0.6 is 0 Å². The van der Waals surface area contributed by atoms with Crippen molar-refractivity contribution in [1.82, 2.24) is 0 Å². The molecule has 0 aromatic carbocycles. The van der Waals surface area contributed by atoms with Crippen LogP contribution in [0, 0.1) is 0 Å². The van der Waals surface area contributed by atoms with Crippen LogP contribution in [0.1, 0.15) is 81.1 Å². The SMILES string of the molecule is CC(=O)[C@]1(C)OC2(O)C[C@@](C)(C(=O)CCC(=O)[C@]3(C)O[C@@]4(C)O[C@@](C)(C(C)=O)C[C@@]4(O)O3)OC2(C)O1. The maximum absolute atomic E-state index is 13.1. The molecule has 8 atom stereocenters. The van der Waals surface area contributed by atoms with Crippen LogP contribution in [0.3, 0.4) is 0 Å². The molecule has 4 heterocycles. The van der Waals surface area contributed by atoms with Gasteiger partial charge in [0, 0.05) is 32.6 Å². The molecular weight excluding hydrogens is 480 g/mol. The predicted molar refractivity (Wildman–Crippen MR) is 117 cm³/mol. The molecular formula is C24H34O12. The third-order valence-corrected chi connectivity index (χ3v) is 7.98. The van der Waals surface area contributed by atoms with Gasteiger partial charge in [-0.1, -0.05) is 0 Å². The first-order valence-corrected chi connectivity index (χ1v) is 11.8. The molecule has 2 N–H and O–H groups in total. The Kier molecular flexibility index (Phi) is 5.69. The van der Waals surface area contributed by atoms with E-state index in [0.29, 0.717) is 0 Å². The maximum atomic E-state index is 13.1. The normalized spacial score (nSPS) is 51.7. The number of hydrogen-bond acceptors (Lipinski definition) is 12. The Morgan fingerprint density at radius 1 is 0.583 bits per heavy atom. The Morgan fingerprint density at radius 2 is 1.00 bits per heavy atom. The minimum Gasteiger partial charge on any atom is -0.361 e. The molecule has 4 rings (SSSR count). The molecule has 36 heavy (non-hydrogen) atoms. The largest absolute Gasteiger partial charge is 0.361 e. The van der Waals surface area contributed by atoms with Crippen LogP contribution in [0.2, 0.25) is 0 Å². The van der Waals surface area contributed by atoms with Crippen LogP contribution in [-0.2, 0) is 47.6 Å². The third-order valence-electron chi connectivity index (χ3n) is 7.98. The minimum atomic E-state index is -2.07. The topological polar surface area (TPSA) is 164 Å². The molecule has 0 aromatic heterocycles. The number of rotatable bonds is 7. The van der Waals surface area contributed by atoms with E-state index in [2.05, 4.69) is 0 Å². The summed E-state index contributed by atoms with van der Waals surface area (Å²) in [5.74, 6) is -13.3. The molecule has 0 amide bonds. The van der Waals surface area contributed by atoms with E-state index < -0.39 is 63.3 Å². The van der Waals surface area contributed by atoms with Crippen molar-refractivity contribution in [2.75, 3.05) is 0 Å². The number of ketones is 4. The fourth-order valence-corrected chi connectivity index (χ4v) is 5.54. The highest BCUT2D eigenvalue weighted by Gasteiger charge is 2.75. The zero-order chi connectivity index (χ0) is 27.4. The Labute approximate surface area is 208 Å². The number of aliphatic hydroxyl groups is 2. The fraction of sp³-hybridized carbons (Fsp3) is 0.833. The molecule has 0 bridgehead atoms. The summed E-state index contributed by atoms with van der Waals surface area (Å²) < 4.78 is 34.1. The van der Waals surface area contributed by atoms with Gasteiger partial charge in [-0.25, -0.2) is 0 Å². The average molecular weight is 515 g/mol. The van der Waals surface area contributed by atoms with E-state index >= 15 is 0 Å².